The second-order valence-corrected chi connectivity index (χ2v) is 1.61. The van der Waals surface area contributed by atoms with Gasteiger partial charge in [0.05, 0.1) is 0 Å². The van der Waals surface area contributed by atoms with Crippen LogP contribution in [0.3, 0.4) is 0 Å². The zero-order valence-corrected chi connectivity index (χ0v) is 5.31. The van der Waals surface area contributed by atoms with Gasteiger partial charge in [0.2, 0.25) is 0 Å². The minimum Gasteiger partial charge on any atom is -0.463 e. The number of halogens is 1. The molecule has 11 heavy (non-hydrogen) atoms. The van der Waals surface area contributed by atoms with Gasteiger partial charge in [-0.05, 0) is 6.07 Å². The maximum Gasteiger partial charge on any atom is 0.443 e. The number of hydrogen-bond donors (Lipinski definition) is 1. The molecule has 0 saturated heterocycles. The third-order valence-electron chi connectivity index (χ3n) is 0.896. The lowest BCUT2D eigenvalue weighted by atomic mass is 10.7. The van der Waals surface area contributed by atoms with Crippen molar-refractivity contribution in [2.45, 2.75) is 0 Å². The number of hydrogen-bond acceptors (Lipinski definition) is 3. The molecular formula is C5H4FN3O2. The molecule has 0 unspecified atom stereocenters. The lowest BCUT2D eigenvalue weighted by Crippen LogP contribution is -2.20. The van der Waals surface area contributed by atoms with E-state index in [0.29, 0.717) is 0 Å². The van der Waals surface area contributed by atoms with Crippen LogP contribution in [0.15, 0.2) is 18.5 Å². The summed E-state index contributed by atoms with van der Waals surface area (Å²) in [4.78, 5) is 16.7. The molecule has 0 fully saturated rings. The molecule has 0 aliphatic rings. The molecule has 5 nitrogen and oxygen atoms in total. The topological polar surface area (TPSA) is 66.3 Å². The molecule has 0 atom stereocenters. The van der Waals surface area contributed by atoms with Gasteiger partial charge in [-0.2, -0.15) is 0 Å². The summed E-state index contributed by atoms with van der Waals surface area (Å²) in [5, 5.41) is 7.55. The molecule has 1 rings (SSSR count). The Hall–Kier alpha value is -1.72. The summed E-state index contributed by atoms with van der Waals surface area (Å²) >= 11 is 0. The third-order valence-corrected chi connectivity index (χ3v) is 0.896. The highest BCUT2D eigenvalue weighted by atomic mass is 19.2. The van der Waals surface area contributed by atoms with Crippen molar-refractivity contribution in [1.82, 2.24) is 9.97 Å². The zero-order chi connectivity index (χ0) is 8.27. The smallest absolute Gasteiger partial charge is 0.443 e. The quantitative estimate of drug-likeness (QED) is 0.613. The maximum absolute atomic E-state index is 12.4. The van der Waals surface area contributed by atoms with E-state index in [2.05, 4.69) is 9.97 Å². The van der Waals surface area contributed by atoms with E-state index in [-0.39, 0.29) is 0 Å². The molecular weight excluding hydrogens is 153 g/mol. The molecule has 1 amide bonds. The zero-order valence-electron chi connectivity index (χ0n) is 5.31. The van der Waals surface area contributed by atoms with Gasteiger partial charge in [0.1, 0.15) is 0 Å². The first-order chi connectivity index (χ1) is 5.22. The Kier molecular flexibility index (Phi) is 1.95. The highest BCUT2D eigenvalue weighted by Crippen LogP contribution is 2.04. The highest BCUT2D eigenvalue weighted by Gasteiger charge is 2.14. The summed E-state index contributed by atoms with van der Waals surface area (Å²) in [6, 6.07) is 1.46. The van der Waals surface area contributed by atoms with Crippen molar-refractivity contribution >= 4 is 12.0 Å². The van der Waals surface area contributed by atoms with Crippen LogP contribution in [0.25, 0.3) is 0 Å². The number of carbonyl (C=O) groups is 1. The highest BCUT2D eigenvalue weighted by molar-refractivity contribution is 5.80. The van der Waals surface area contributed by atoms with Crippen LogP contribution >= 0.6 is 0 Å². The number of carboxylic acid groups (broad SMARTS) is 1. The van der Waals surface area contributed by atoms with Crippen LogP contribution in [0.5, 0.6) is 0 Å². The molecule has 1 heterocycles. The van der Waals surface area contributed by atoms with E-state index < -0.39 is 17.2 Å². The molecule has 58 valence electrons. The van der Waals surface area contributed by atoms with Crippen molar-refractivity contribution in [3.63, 3.8) is 0 Å². The second-order valence-electron chi connectivity index (χ2n) is 1.61. The minimum absolute atomic E-state index is 0.486. The number of anilines is 1. The predicted molar refractivity (Wildman–Crippen MR) is 33.6 cm³/mol. The largest absolute Gasteiger partial charge is 0.463 e. The van der Waals surface area contributed by atoms with Gasteiger partial charge in [0.15, 0.2) is 0 Å². The van der Waals surface area contributed by atoms with E-state index in [1.54, 1.807) is 0 Å². The van der Waals surface area contributed by atoms with Gasteiger partial charge < -0.3 is 5.11 Å². The van der Waals surface area contributed by atoms with E-state index in [9.17, 15) is 9.28 Å². The fourth-order valence-corrected chi connectivity index (χ4v) is 0.478. The molecule has 0 bridgehead atoms. The van der Waals surface area contributed by atoms with Gasteiger partial charge in [0.25, 0.3) is 5.95 Å². The second kappa shape index (κ2) is 2.91. The van der Waals surface area contributed by atoms with Crippen molar-refractivity contribution in [2.24, 2.45) is 0 Å². The van der Waals surface area contributed by atoms with Gasteiger partial charge in [0, 0.05) is 12.4 Å². The molecule has 0 aromatic carbocycles. The van der Waals surface area contributed by atoms with Crippen LogP contribution in [-0.4, -0.2) is 21.2 Å². The van der Waals surface area contributed by atoms with Crippen molar-refractivity contribution in [2.75, 3.05) is 5.12 Å². The predicted octanol–water partition coefficient (Wildman–Crippen LogP) is 0.845. The van der Waals surface area contributed by atoms with E-state index >= 15 is 0 Å². The Morgan fingerprint density at radius 3 is 2.55 bits per heavy atom. The van der Waals surface area contributed by atoms with Gasteiger partial charge in [-0.25, -0.2) is 14.8 Å². The summed E-state index contributed by atoms with van der Waals surface area (Å²) in [7, 11) is 0. The summed E-state index contributed by atoms with van der Waals surface area (Å²) in [6.45, 7) is 0. The number of amides is 1. The maximum atomic E-state index is 12.4. The fraction of sp³-hybridized carbons (Fsp3) is 0. The van der Waals surface area contributed by atoms with E-state index in [4.69, 9.17) is 5.11 Å². The Bertz CT molecular complexity index is 253. The van der Waals surface area contributed by atoms with Gasteiger partial charge in [-0.15, -0.1) is 0 Å². The molecule has 0 aliphatic carbocycles. The average molecular weight is 157 g/mol. The first kappa shape index (κ1) is 7.39. The normalized spacial score (nSPS) is 9.18. The Labute approximate surface area is 61.1 Å². The molecule has 1 aromatic heterocycles. The van der Waals surface area contributed by atoms with Crippen molar-refractivity contribution in [3.8, 4) is 0 Å². The molecule has 1 N–H and O–H groups in total. The molecule has 6 heteroatoms. The molecule has 0 spiro atoms. The Morgan fingerprint density at radius 1 is 1.55 bits per heavy atom. The fourth-order valence-electron chi connectivity index (χ4n) is 0.478. The number of nitrogens with zero attached hydrogens (tertiary/aromatic N) is 3. The summed E-state index contributed by atoms with van der Waals surface area (Å²) in [6.07, 6.45) is 0.756. The average Bonchev–Trinajstić information content (AvgIpc) is 2.05. The van der Waals surface area contributed by atoms with Gasteiger partial charge in [-0.3, -0.25) is 0 Å². The van der Waals surface area contributed by atoms with E-state index in [0.717, 1.165) is 0 Å². The SMILES string of the molecule is O=C(O)N(F)c1ncccn1. The lowest BCUT2D eigenvalue weighted by Gasteiger charge is -2.02. The molecule has 0 saturated carbocycles. The first-order valence-corrected chi connectivity index (χ1v) is 2.67. The summed E-state index contributed by atoms with van der Waals surface area (Å²) in [5.74, 6) is -0.486. The van der Waals surface area contributed by atoms with E-state index in [1.807, 2.05) is 0 Å². The Morgan fingerprint density at radius 2 is 2.09 bits per heavy atom. The van der Waals surface area contributed by atoms with Crippen LogP contribution in [-0.2, 0) is 0 Å². The summed E-state index contributed by atoms with van der Waals surface area (Å²) in [5.41, 5.74) is 0. The minimum atomic E-state index is -1.74. The molecule has 0 radical (unpaired) electrons. The van der Waals surface area contributed by atoms with Crippen LogP contribution in [0.4, 0.5) is 15.2 Å². The lowest BCUT2D eigenvalue weighted by molar-refractivity contribution is 0.185. The first-order valence-electron chi connectivity index (χ1n) is 2.67. The van der Waals surface area contributed by atoms with Crippen molar-refractivity contribution < 1.29 is 14.4 Å². The van der Waals surface area contributed by atoms with Crippen LogP contribution in [0.2, 0.25) is 0 Å². The van der Waals surface area contributed by atoms with Gasteiger partial charge in [-0.1, -0.05) is 9.60 Å². The molecule has 1 aromatic rings. The number of rotatable bonds is 1. The summed E-state index contributed by atoms with van der Waals surface area (Å²) < 4.78 is 12.4. The monoisotopic (exact) mass is 157 g/mol. The van der Waals surface area contributed by atoms with Crippen LogP contribution < -0.4 is 5.12 Å². The molecule has 0 aliphatic heterocycles. The van der Waals surface area contributed by atoms with Crippen molar-refractivity contribution in [1.29, 1.82) is 0 Å². The van der Waals surface area contributed by atoms with E-state index in [1.165, 1.54) is 18.5 Å². The van der Waals surface area contributed by atoms with Crippen LogP contribution in [0, 0.1) is 0 Å². The standard InChI is InChI=1S/C5H4FN3O2/c6-9(5(10)11)4-7-2-1-3-8-4/h1-3H,(H,10,11). The Balaban J connectivity index is 2.85. The van der Waals surface area contributed by atoms with Gasteiger partial charge >= 0.3 is 6.09 Å². The van der Waals surface area contributed by atoms with Crippen LogP contribution in [0.1, 0.15) is 0 Å². The van der Waals surface area contributed by atoms with Crippen molar-refractivity contribution in [3.05, 3.63) is 18.5 Å². The third kappa shape index (κ3) is 1.60. The number of aromatic nitrogens is 2.